The lowest BCUT2D eigenvalue weighted by Crippen LogP contribution is -2.35. The van der Waals surface area contributed by atoms with E-state index in [2.05, 4.69) is 55.7 Å². The maximum Gasteiger partial charge on any atom is 0.0705 e. The van der Waals surface area contributed by atoms with E-state index in [0.717, 1.165) is 11.9 Å². The zero-order valence-electron chi connectivity index (χ0n) is 11.1. The van der Waals surface area contributed by atoms with Crippen LogP contribution in [-0.4, -0.2) is 18.1 Å². The molecule has 0 amide bonds. The fraction of sp³-hybridized carbons (Fsp3) is 0.438. The third kappa shape index (κ3) is 2.13. The fourth-order valence-electron chi connectivity index (χ4n) is 2.67. The molecule has 1 atom stereocenters. The monoisotopic (exact) mass is 240 g/mol. The van der Waals surface area contributed by atoms with Crippen LogP contribution < -0.4 is 5.32 Å². The summed E-state index contributed by atoms with van der Waals surface area (Å²) < 4.78 is 0. The predicted octanol–water partition coefficient (Wildman–Crippen LogP) is 3.17. The van der Waals surface area contributed by atoms with E-state index in [0.29, 0.717) is 11.5 Å². The summed E-state index contributed by atoms with van der Waals surface area (Å²) in [4.78, 5) is 4.76. The van der Waals surface area contributed by atoms with Gasteiger partial charge in [0.05, 0.1) is 5.52 Å². The standard InChI is InChI=1S/C16H20N2/c1-16(9-10-16)15(17-2)11-13-8-7-12-5-3-4-6-14(12)18-13/h3-8,15,17H,9-11H2,1-2H3. The number of fused-ring (bicyclic) bond motifs is 1. The summed E-state index contributed by atoms with van der Waals surface area (Å²) >= 11 is 0. The number of benzene rings is 1. The van der Waals surface area contributed by atoms with Crippen LogP contribution >= 0.6 is 0 Å². The zero-order chi connectivity index (χ0) is 12.6. The number of hydrogen-bond donors (Lipinski definition) is 1. The first-order valence-electron chi connectivity index (χ1n) is 6.73. The van der Waals surface area contributed by atoms with Crippen LogP contribution in [0.25, 0.3) is 10.9 Å². The number of nitrogens with one attached hydrogen (secondary N) is 1. The molecule has 1 aliphatic rings. The summed E-state index contributed by atoms with van der Waals surface area (Å²) in [5.41, 5.74) is 2.79. The Bertz CT molecular complexity index is 558. The van der Waals surface area contributed by atoms with Crippen LogP contribution in [-0.2, 0) is 6.42 Å². The average Bonchev–Trinajstić information content (AvgIpc) is 3.15. The molecular weight excluding hydrogens is 220 g/mol. The van der Waals surface area contributed by atoms with Gasteiger partial charge in [-0.15, -0.1) is 0 Å². The average molecular weight is 240 g/mol. The minimum atomic E-state index is 0.488. The van der Waals surface area contributed by atoms with E-state index in [1.165, 1.54) is 23.9 Å². The zero-order valence-corrected chi connectivity index (χ0v) is 11.1. The van der Waals surface area contributed by atoms with Gasteiger partial charge in [-0.25, -0.2) is 0 Å². The van der Waals surface area contributed by atoms with Crippen LogP contribution in [0.2, 0.25) is 0 Å². The maximum atomic E-state index is 4.76. The molecule has 1 heterocycles. The minimum Gasteiger partial charge on any atom is -0.316 e. The van der Waals surface area contributed by atoms with E-state index in [-0.39, 0.29) is 0 Å². The fourth-order valence-corrected chi connectivity index (χ4v) is 2.67. The van der Waals surface area contributed by atoms with Gasteiger partial charge in [0.15, 0.2) is 0 Å². The van der Waals surface area contributed by atoms with Gasteiger partial charge in [-0.3, -0.25) is 4.98 Å². The number of aromatic nitrogens is 1. The van der Waals surface area contributed by atoms with E-state index in [1.807, 2.05) is 0 Å². The molecule has 2 nitrogen and oxygen atoms in total. The van der Waals surface area contributed by atoms with E-state index in [9.17, 15) is 0 Å². The summed E-state index contributed by atoms with van der Waals surface area (Å²) in [7, 11) is 2.06. The maximum absolute atomic E-state index is 4.76. The first-order chi connectivity index (χ1) is 8.71. The molecular formula is C16H20N2. The largest absolute Gasteiger partial charge is 0.316 e. The molecule has 0 saturated heterocycles. The van der Waals surface area contributed by atoms with Crippen molar-refractivity contribution in [2.75, 3.05) is 7.05 Å². The number of rotatable bonds is 4. The lowest BCUT2D eigenvalue weighted by Gasteiger charge is -2.22. The number of likely N-dealkylation sites (N-methyl/N-ethyl adjacent to an activating group) is 1. The van der Waals surface area contributed by atoms with Crippen molar-refractivity contribution in [2.45, 2.75) is 32.2 Å². The topological polar surface area (TPSA) is 24.9 Å². The number of hydrogen-bond acceptors (Lipinski definition) is 2. The highest BCUT2D eigenvalue weighted by atomic mass is 14.9. The van der Waals surface area contributed by atoms with Crippen molar-refractivity contribution in [1.29, 1.82) is 0 Å². The third-order valence-corrected chi connectivity index (χ3v) is 4.30. The first kappa shape index (κ1) is 11.7. The molecule has 0 spiro atoms. The molecule has 1 N–H and O–H groups in total. The molecule has 94 valence electrons. The Morgan fingerprint density at radius 2 is 2.00 bits per heavy atom. The molecule has 2 aromatic rings. The Labute approximate surface area is 108 Å². The molecule has 1 unspecified atom stereocenters. The summed E-state index contributed by atoms with van der Waals surface area (Å²) in [6.07, 6.45) is 3.70. The van der Waals surface area contributed by atoms with Crippen molar-refractivity contribution >= 4 is 10.9 Å². The number of para-hydroxylation sites is 1. The SMILES string of the molecule is CNC(Cc1ccc2ccccc2n1)C1(C)CC1. The highest BCUT2D eigenvalue weighted by Gasteiger charge is 2.44. The van der Waals surface area contributed by atoms with Gasteiger partial charge in [0.1, 0.15) is 0 Å². The van der Waals surface area contributed by atoms with E-state index in [4.69, 9.17) is 4.98 Å². The van der Waals surface area contributed by atoms with Gasteiger partial charge < -0.3 is 5.32 Å². The van der Waals surface area contributed by atoms with Gasteiger partial charge in [0.25, 0.3) is 0 Å². The molecule has 18 heavy (non-hydrogen) atoms. The quantitative estimate of drug-likeness (QED) is 0.888. The number of nitrogens with zero attached hydrogens (tertiary/aromatic N) is 1. The van der Waals surface area contributed by atoms with E-state index in [1.54, 1.807) is 0 Å². The molecule has 2 heteroatoms. The molecule has 1 aromatic carbocycles. The highest BCUT2D eigenvalue weighted by Crippen LogP contribution is 2.48. The lowest BCUT2D eigenvalue weighted by molar-refractivity contribution is 0.374. The van der Waals surface area contributed by atoms with Crippen LogP contribution in [0.1, 0.15) is 25.5 Å². The van der Waals surface area contributed by atoms with Crippen LogP contribution in [0.15, 0.2) is 36.4 Å². The second kappa shape index (κ2) is 4.36. The lowest BCUT2D eigenvalue weighted by atomic mass is 9.94. The van der Waals surface area contributed by atoms with Crippen molar-refractivity contribution in [3.8, 4) is 0 Å². The van der Waals surface area contributed by atoms with Crippen molar-refractivity contribution in [3.63, 3.8) is 0 Å². The van der Waals surface area contributed by atoms with Gasteiger partial charge >= 0.3 is 0 Å². The predicted molar refractivity (Wildman–Crippen MR) is 75.6 cm³/mol. The molecule has 1 aliphatic carbocycles. The van der Waals surface area contributed by atoms with Gasteiger partial charge in [0.2, 0.25) is 0 Å². The molecule has 0 bridgehead atoms. The molecule has 3 rings (SSSR count). The van der Waals surface area contributed by atoms with Crippen LogP contribution in [0, 0.1) is 5.41 Å². The van der Waals surface area contributed by atoms with Crippen LogP contribution in [0.4, 0.5) is 0 Å². The van der Waals surface area contributed by atoms with Crippen LogP contribution in [0.3, 0.4) is 0 Å². The molecule has 1 aromatic heterocycles. The summed E-state index contributed by atoms with van der Waals surface area (Å²) in [5.74, 6) is 0. The summed E-state index contributed by atoms with van der Waals surface area (Å²) in [6.45, 7) is 2.37. The van der Waals surface area contributed by atoms with E-state index >= 15 is 0 Å². The van der Waals surface area contributed by atoms with E-state index < -0.39 is 0 Å². The summed E-state index contributed by atoms with van der Waals surface area (Å²) in [5, 5.41) is 4.68. The smallest absolute Gasteiger partial charge is 0.0705 e. The Morgan fingerprint density at radius 1 is 1.22 bits per heavy atom. The van der Waals surface area contributed by atoms with Crippen molar-refractivity contribution in [3.05, 3.63) is 42.1 Å². The van der Waals surface area contributed by atoms with Gasteiger partial charge in [-0.1, -0.05) is 31.2 Å². The van der Waals surface area contributed by atoms with Gasteiger partial charge in [0, 0.05) is 23.5 Å². The van der Waals surface area contributed by atoms with Crippen molar-refractivity contribution in [1.82, 2.24) is 10.3 Å². The van der Waals surface area contributed by atoms with Gasteiger partial charge in [-0.05, 0) is 37.4 Å². The Balaban J connectivity index is 1.85. The van der Waals surface area contributed by atoms with Crippen LogP contribution in [0.5, 0.6) is 0 Å². The highest BCUT2D eigenvalue weighted by molar-refractivity contribution is 5.78. The Morgan fingerprint density at radius 3 is 2.72 bits per heavy atom. The molecule has 0 radical (unpaired) electrons. The molecule has 1 fully saturated rings. The van der Waals surface area contributed by atoms with Crippen molar-refractivity contribution < 1.29 is 0 Å². The molecule has 1 saturated carbocycles. The van der Waals surface area contributed by atoms with Gasteiger partial charge in [-0.2, -0.15) is 0 Å². The van der Waals surface area contributed by atoms with Crippen molar-refractivity contribution in [2.24, 2.45) is 5.41 Å². The third-order valence-electron chi connectivity index (χ3n) is 4.30. The number of pyridine rings is 1. The second-order valence-electron chi connectivity index (χ2n) is 5.69. The second-order valence-corrected chi connectivity index (χ2v) is 5.69. The minimum absolute atomic E-state index is 0.488. The summed E-state index contributed by atoms with van der Waals surface area (Å²) in [6, 6.07) is 13.2. The normalized spacial score (nSPS) is 18.8. The molecule has 0 aliphatic heterocycles. The Kier molecular flexibility index (Phi) is 2.83. The Hall–Kier alpha value is -1.41. The first-order valence-corrected chi connectivity index (χ1v) is 6.73.